The Labute approximate surface area is 237 Å². The SMILES string of the molecule is O=S(=O)(OCCOCCOCCOCCOCCOCCOCCOCCOc1ccccc1)c1ccccc1. The second-order valence-corrected chi connectivity index (χ2v) is 9.65. The van der Waals surface area contributed by atoms with Gasteiger partial charge in [-0.3, -0.25) is 4.18 Å². The molecule has 0 spiro atoms. The van der Waals surface area contributed by atoms with Crippen LogP contribution in [0.25, 0.3) is 0 Å². The first-order chi connectivity index (χ1) is 19.7. The fourth-order valence-electron chi connectivity index (χ4n) is 3.01. The van der Waals surface area contributed by atoms with E-state index in [1.54, 1.807) is 18.2 Å². The summed E-state index contributed by atoms with van der Waals surface area (Å²) in [5.74, 6) is 0.835. The zero-order chi connectivity index (χ0) is 28.4. The molecular formula is C28H42O11S. The van der Waals surface area contributed by atoms with E-state index >= 15 is 0 Å². The molecule has 2 rings (SSSR count). The highest BCUT2D eigenvalue weighted by molar-refractivity contribution is 7.86. The van der Waals surface area contributed by atoms with Crippen LogP contribution in [0.2, 0.25) is 0 Å². The van der Waals surface area contributed by atoms with Gasteiger partial charge < -0.3 is 37.9 Å². The first-order valence-electron chi connectivity index (χ1n) is 13.3. The fraction of sp³-hybridized carbons (Fsp3) is 0.571. The maximum atomic E-state index is 11.9. The van der Waals surface area contributed by atoms with Crippen molar-refractivity contribution >= 4 is 10.1 Å². The Kier molecular flexibility index (Phi) is 20.1. The van der Waals surface area contributed by atoms with Gasteiger partial charge in [-0.1, -0.05) is 36.4 Å². The third kappa shape index (κ3) is 18.3. The van der Waals surface area contributed by atoms with Crippen LogP contribution in [-0.2, 0) is 47.5 Å². The zero-order valence-electron chi connectivity index (χ0n) is 23.0. The van der Waals surface area contributed by atoms with Gasteiger partial charge in [0.2, 0.25) is 0 Å². The van der Waals surface area contributed by atoms with Gasteiger partial charge in [-0.2, -0.15) is 8.42 Å². The Hall–Kier alpha value is -2.13. The quantitative estimate of drug-likeness (QED) is 0.114. The second kappa shape index (κ2) is 23.6. The van der Waals surface area contributed by atoms with Crippen molar-refractivity contribution < 1.29 is 50.5 Å². The van der Waals surface area contributed by atoms with E-state index in [1.165, 1.54) is 12.1 Å². The molecule has 0 aliphatic rings. The van der Waals surface area contributed by atoms with Gasteiger partial charge >= 0.3 is 0 Å². The molecule has 0 unspecified atom stereocenters. The monoisotopic (exact) mass is 586 g/mol. The van der Waals surface area contributed by atoms with E-state index in [0.29, 0.717) is 92.5 Å². The van der Waals surface area contributed by atoms with Crippen molar-refractivity contribution in [1.82, 2.24) is 0 Å². The normalized spacial score (nSPS) is 11.6. The molecule has 0 fully saturated rings. The minimum absolute atomic E-state index is 0.0543. The van der Waals surface area contributed by atoms with Crippen molar-refractivity contribution in [3.63, 3.8) is 0 Å². The molecule has 40 heavy (non-hydrogen) atoms. The molecule has 2 aromatic rings. The first kappa shape index (κ1) is 34.1. The number of hydrogen-bond acceptors (Lipinski definition) is 11. The van der Waals surface area contributed by atoms with Crippen molar-refractivity contribution in [2.24, 2.45) is 0 Å². The van der Waals surface area contributed by atoms with Gasteiger partial charge in [-0.25, -0.2) is 0 Å². The van der Waals surface area contributed by atoms with Crippen LogP contribution in [0.4, 0.5) is 0 Å². The molecule has 0 aliphatic heterocycles. The van der Waals surface area contributed by atoms with Crippen LogP contribution in [0.15, 0.2) is 65.6 Å². The number of rotatable bonds is 27. The lowest BCUT2D eigenvalue weighted by molar-refractivity contribution is -0.0218. The number of para-hydroxylation sites is 1. The second-order valence-electron chi connectivity index (χ2n) is 8.04. The Bertz CT molecular complexity index is 930. The van der Waals surface area contributed by atoms with E-state index in [4.69, 9.17) is 42.1 Å². The standard InChI is InChI=1S/C28H42O11S/c29-40(30,28-9-5-2-6-10-28)39-26-24-37-22-20-35-18-16-33-14-12-31-11-13-32-15-17-34-19-21-36-23-25-38-27-7-3-1-4-8-27/h1-10H,11-26H2. The van der Waals surface area contributed by atoms with Crippen LogP contribution in [0.3, 0.4) is 0 Å². The summed E-state index contributed by atoms with van der Waals surface area (Å²) in [6, 6.07) is 17.6. The van der Waals surface area contributed by atoms with Crippen LogP contribution in [-0.4, -0.2) is 114 Å². The molecule has 0 N–H and O–H groups in total. The van der Waals surface area contributed by atoms with Gasteiger partial charge in [0.05, 0.1) is 104 Å². The molecule has 0 saturated carbocycles. The van der Waals surface area contributed by atoms with Gasteiger partial charge in [0.25, 0.3) is 10.1 Å². The Morgan fingerprint density at radius 3 is 1.12 bits per heavy atom. The molecule has 0 radical (unpaired) electrons. The number of ether oxygens (including phenoxy) is 8. The Morgan fingerprint density at radius 1 is 0.400 bits per heavy atom. The smallest absolute Gasteiger partial charge is 0.297 e. The van der Waals surface area contributed by atoms with Crippen LogP contribution in [0, 0.1) is 0 Å². The van der Waals surface area contributed by atoms with E-state index in [-0.39, 0.29) is 18.1 Å². The van der Waals surface area contributed by atoms with Crippen LogP contribution in [0.1, 0.15) is 0 Å². The molecule has 0 atom stereocenters. The highest BCUT2D eigenvalue weighted by Gasteiger charge is 2.13. The lowest BCUT2D eigenvalue weighted by atomic mass is 10.3. The van der Waals surface area contributed by atoms with E-state index in [9.17, 15) is 8.42 Å². The molecular weight excluding hydrogens is 544 g/mol. The van der Waals surface area contributed by atoms with Crippen molar-refractivity contribution in [3.8, 4) is 5.75 Å². The third-order valence-corrected chi connectivity index (χ3v) is 6.30. The summed E-state index contributed by atoms with van der Waals surface area (Å²) in [5, 5.41) is 0. The molecule has 0 aliphatic carbocycles. The van der Waals surface area contributed by atoms with Crippen LogP contribution < -0.4 is 4.74 Å². The summed E-state index contributed by atoms with van der Waals surface area (Å²) < 4.78 is 72.3. The maximum absolute atomic E-state index is 11.9. The molecule has 226 valence electrons. The summed E-state index contributed by atoms with van der Waals surface area (Å²) >= 11 is 0. The first-order valence-corrected chi connectivity index (χ1v) is 14.8. The average Bonchev–Trinajstić information content (AvgIpc) is 2.98. The maximum Gasteiger partial charge on any atom is 0.297 e. The van der Waals surface area contributed by atoms with Gasteiger partial charge in [-0.15, -0.1) is 0 Å². The van der Waals surface area contributed by atoms with E-state index in [0.717, 1.165) is 5.75 Å². The van der Waals surface area contributed by atoms with Crippen molar-refractivity contribution in [2.45, 2.75) is 4.90 Å². The van der Waals surface area contributed by atoms with Crippen LogP contribution >= 0.6 is 0 Å². The molecule has 0 amide bonds. The average molecular weight is 587 g/mol. The van der Waals surface area contributed by atoms with Gasteiger partial charge in [-0.05, 0) is 24.3 Å². The minimum atomic E-state index is -3.75. The summed E-state index contributed by atoms with van der Waals surface area (Å²) in [6.45, 7) is 6.64. The summed E-state index contributed by atoms with van der Waals surface area (Å²) in [6.07, 6.45) is 0. The molecule has 0 aromatic heterocycles. The van der Waals surface area contributed by atoms with Gasteiger partial charge in [0.1, 0.15) is 12.4 Å². The van der Waals surface area contributed by atoms with E-state index < -0.39 is 10.1 Å². The lowest BCUT2D eigenvalue weighted by Crippen LogP contribution is -2.15. The molecule has 0 saturated heterocycles. The molecule has 0 heterocycles. The highest BCUT2D eigenvalue weighted by Crippen LogP contribution is 2.11. The topological polar surface area (TPSA) is 117 Å². The van der Waals surface area contributed by atoms with Crippen molar-refractivity contribution in [3.05, 3.63) is 60.7 Å². The number of benzene rings is 2. The number of hydrogen-bond donors (Lipinski definition) is 0. The van der Waals surface area contributed by atoms with Gasteiger partial charge in [0, 0.05) is 0 Å². The Balaban J connectivity index is 1.21. The largest absolute Gasteiger partial charge is 0.491 e. The molecule has 11 nitrogen and oxygen atoms in total. The molecule has 2 aromatic carbocycles. The molecule has 12 heteroatoms. The van der Waals surface area contributed by atoms with E-state index in [2.05, 4.69) is 0 Å². The zero-order valence-corrected chi connectivity index (χ0v) is 23.8. The fourth-order valence-corrected chi connectivity index (χ4v) is 3.93. The predicted octanol–water partition coefficient (Wildman–Crippen LogP) is 2.59. The predicted molar refractivity (Wildman–Crippen MR) is 147 cm³/mol. The van der Waals surface area contributed by atoms with Gasteiger partial charge in [0.15, 0.2) is 0 Å². The van der Waals surface area contributed by atoms with E-state index in [1.807, 2.05) is 30.3 Å². The summed E-state index contributed by atoms with van der Waals surface area (Å²) in [5.41, 5.74) is 0. The molecule has 0 bridgehead atoms. The summed E-state index contributed by atoms with van der Waals surface area (Å²) in [7, 11) is -3.75. The third-order valence-electron chi connectivity index (χ3n) is 4.97. The van der Waals surface area contributed by atoms with Crippen molar-refractivity contribution in [1.29, 1.82) is 0 Å². The lowest BCUT2D eigenvalue weighted by Gasteiger charge is -2.09. The van der Waals surface area contributed by atoms with Crippen LogP contribution in [0.5, 0.6) is 5.75 Å². The minimum Gasteiger partial charge on any atom is -0.491 e. The van der Waals surface area contributed by atoms with Crippen molar-refractivity contribution in [2.75, 3.05) is 106 Å². The summed E-state index contributed by atoms with van der Waals surface area (Å²) in [4.78, 5) is 0.123. The highest BCUT2D eigenvalue weighted by atomic mass is 32.2. The Morgan fingerprint density at radius 2 is 0.725 bits per heavy atom.